The fourth-order valence-electron chi connectivity index (χ4n) is 8.87. The molecule has 0 aliphatic rings. The first kappa shape index (κ1) is 46.9. The van der Waals surface area contributed by atoms with Gasteiger partial charge in [-0.1, -0.05) is 119 Å². The number of hydrogen-bond acceptors (Lipinski definition) is 7. The monoisotopic (exact) mass is 1080 g/mol. The molecule has 10 rings (SSSR count). The van der Waals surface area contributed by atoms with Crippen molar-refractivity contribution in [2.45, 2.75) is 107 Å². The molecule has 10 aromatic rings. The van der Waals surface area contributed by atoms with Crippen LogP contribution in [0.3, 0.4) is 0 Å². The van der Waals surface area contributed by atoms with Crippen LogP contribution < -0.4 is 4.74 Å². The first-order valence-corrected chi connectivity index (χ1v) is 23.3. The van der Waals surface area contributed by atoms with Crippen LogP contribution in [0.1, 0.15) is 105 Å². The molecule has 0 bridgehead atoms. The molecule has 0 aliphatic carbocycles. The Morgan fingerprint density at radius 3 is 1.21 bits per heavy atom. The summed E-state index contributed by atoms with van der Waals surface area (Å²) in [5, 5.41) is 3.92. The van der Waals surface area contributed by atoms with Crippen molar-refractivity contribution in [3.05, 3.63) is 144 Å². The Balaban J connectivity index is 0.00000578. The van der Waals surface area contributed by atoms with Crippen LogP contribution in [0.2, 0.25) is 0 Å². The van der Waals surface area contributed by atoms with Crippen molar-refractivity contribution in [1.82, 2.24) is 9.97 Å². The van der Waals surface area contributed by atoms with Crippen molar-refractivity contribution in [2.24, 2.45) is 10.8 Å². The Morgan fingerprint density at radius 1 is 0.441 bits per heavy atom. The summed E-state index contributed by atoms with van der Waals surface area (Å²) in [6, 6.07) is 40.4. The molecular weight excluding hydrogens is 1020 g/mol. The van der Waals surface area contributed by atoms with Gasteiger partial charge in [-0.3, -0.25) is 0 Å². The van der Waals surface area contributed by atoms with E-state index in [1.807, 2.05) is 48.8 Å². The molecule has 0 N–H and O–H groups in total. The zero-order chi connectivity index (χ0) is 47.2. The summed E-state index contributed by atoms with van der Waals surface area (Å²) in [5.41, 5.74) is 10.4. The third-order valence-corrected chi connectivity index (χ3v) is 12.1. The van der Waals surface area contributed by atoms with E-state index >= 15 is 0 Å². The number of hydrogen-bond donors (Lipinski definition) is 0. The van der Waals surface area contributed by atoms with Gasteiger partial charge in [-0.2, -0.15) is 0 Å². The fourth-order valence-corrected chi connectivity index (χ4v) is 8.87. The Morgan fingerprint density at radius 2 is 0.824 bits per heavy atom. The quantitative estimate of drug-likeness (QED) is 0.140. The van der Waals surface area contributed by atoms with E-state index in [0.29, 0.717) is 57.1 Å². The first-order chi connectivity index (χ1) is 31.6. The number of ether oxygens (including phenoxy) is 1. The molecule has 0 spiro atoms. The molecule has 8 heteroatoms. The maximum absolute atomic E-state index is 6.84. The maximum atomic E-state index is 6.84. The van der Waals surface area contributed by atoms with Crippen LogP contribution in [0.5, 0.6) is 11.5 Å². The predicted molar refractivity (Wildman–Crippen MR) is 271 cm³/mol. The van der Waals surface area contributed by atoms with E-state index < -0.39 is 0 Å². The van der Waals surface area contributed by atoms with Gasteiger partial charge in [-0.25, -0.2) is 0 Å². The fraction of sp³-hybridized carbons (Fsp3) is 0.300. The van der Waals surface area contributed by atoms with E-state index in [1.165, 1.54) is 11.1 Å². The Hall–Kier alpha value is -6.17. The molecule has 0 saturated carbocycles. The van der Waals surface area contributed by atoms with Crippen molar-refractivity contribution in [1.29, 1.82) is 0 Å². The average Bonchev–Trinajstić information content (AvgIpc) is 4.05. The molecule has 0 radical (unpaired) electrons. The zero-order valence-electron chi connectivity index (χ0n) is 41.1. The molecule has 6 heterocycles. The summed E-state index contributed by atoms with van der Waals surface area (Å²) in [4.78, 5) is 9.76. The van der Waals surface area contributed by atoms with Crippen molar-refractivity contribution in [3.63, 3.8) is 0 Å². The molecule has 7 nitrogen and oxygen atoms in total. The molecule has 0 unspecified atom stereocenters. The zero-order valence-corrected chi connectivity index (χ0v) is 43.3. The summed E-state index contributed by atoms with van der Waals surface area (Å²) >= 11 is 0. The largest absolute Gasteiger partial charge is 2.00 e. The Kier molecular flexibility index (Phi) is 11.8. The topological polar surface area (TPSA) is 87.6 Å². The molecule has 0 amide bonds. The summed E-state index contributed by atoms with van der Waals surface area (Å²) in [5.74, 6) is 3.68. The number of pyridine rings is 2. The van der Waals surface area contributed by atoms with E-state index in [9.17, 15) is 0 Å². The number of nitrogens with zero attached hydrogens (tertiary/aromatic N) is 2. The Bertz CT molecular complexity index is 3270. The number of aromatic nitrogens is 2. The SMILES string of the molecule is CC(C)(C)Cc1ccc2oc(-c3cc4ccnc(-c5[c-]c(Oc6[c-]c(-c7nccc8cc(-c9cc%10cc(CC(C)(C)C)ccc%10o9)oc78)cc(C(C)(C)C)c6)cc(C(C)(C)C)c5)c4o3)cc2c1.[Pt+2]. The summed E-state index contributed by atoms with van der Waals surface area (Å²) < 4.78 is 32.8. The van der Waals surface area contributed by atoms with Crippen molar-refractivity contribution in [3.8, 4) is 57.1 Å². The van der Waals surface area contributed by atoms with E-state index in [4.69, 9.17) is 32.4 Å². The molecule has 348 valence electrons. The number of fused-ring (bicyclic) bond motifs is 4. The molecule has 0 atom stereocenters. The van der Waals surface area contributed by atoms with Gasteiger partial charge >= 0.3 is 21.1 Å². The molecular formula is C60H58N2O5Pt. The van der Waals surface area contributed by atoms with Gasteiger partial charge < -0.3 is 32.4 Å². The molecule has 6 aromatic heterocycles. The van der Waals surface area contributed by atoms with E-state index in [-0.39, 0.29) is 42.7 Å². The van der Waals surface area contributed by atoms with Gasteiger partial charge in [0.15, 0.2) is 23.0 Å². The minimum Gasteiger partial charge on any atom is -0.497 e. The van der Waals surface area contributed by atoms with Gasteiger partial charge in [-0.05, 0) is 106 Å². The van der Waals surface area contributed by atoms with Gasteiger partial charge in [-0.15, -0.1) is 34.4 Å². The van der Waals surface area contributed by atoms with Crippen LogP contribution in [0.25, 0.3) is 89.4 Å². The second-order valence-electron chi connectivity index (χ2n) is 22.7. The van der Waals surface area contributed by atoms with Crippen molar-refractivity contribution < 1.29 is 43.5 Å². The molecule has 0 aliphatic heterocycles. The summed E-state index contributed by atoms with van der Waals surface area (Å²) in [6.07, 6.45) is 5.57. The van der Waals surface area contributed by atoms with Gasteiger partial charge in [0.2, 0.25) is 0 Å². The van der Waals surface area contributed by atoms with Crippen LogP contribution in [0, 0.1) is 23.0 Å². The first-order valence-electron chi connectivity index (χ1n) is 23.3. The molecule has 4 aromatic carbocycles. The number of furan rings is 4. The number of benzene rings is 4. The van der Waals surface area contributed by atoms with Crippen LogP contribution in [0.4, 0.5) is 0 Å². The third kappa shape index (κ3) is 9.74. The molecule has 68 heavy (non-hydrogen) atoms. The number of rotatable bonds is 8. The standard InChI is InChI=1S/C60H58N2O5.Pt/c1-57(2,3)33-35-13-15-47-39(21-35)29-49(64-47)51-27-37-17-19-61-53(55(37)66-51)41-23-43(59(7,8)9)31-45(25-41)63-46-26-42(24-44(32-46)60(10,11)12)54-56-38(18-20-62-54)28-52(67-56)50-30-40-22-36(34-58(4,5)6)14-16-48(40)65-50;/h13-24,27-32H,33-34H2,1-12H3;/q-2;+2. The molecule has 0 saturated heterocycles. The minimum atomic E-state index is -0.225. The minimum absolute atomic E-state index is 0. The average molecular weight is 1080 g/mol. The maximum Gasteiger partial charge on any atom is 2.00 e. The van der Waals surface area contributed by atoms with E-state index in [0.717, 1.165) is 67.8 Å². The second-order valence-corrected chi connectivity index (χ2v) is 22.7. The van der Waals surface area contributed by atoms with E-state index in [1.54, 1.807) is 0 Å². The van der Waals surface area contributed by atoms with Crippen molar-refractivity contribution >= 4 is 43.9 Å². The summed E-state index contributed by atoms with van der Waals surface area (Å²) in [6.45, 7) is 26.7. The van der Waals surface area contributed by atoms with Gasteiger partial charge in [0, 0.05) is 56.8 Å². The van der Waals surface area contributed by atoms with Crippen LogP contribution in [-0.4, -0.2) is 9.97 Å². The second kappa shape index (κ2) is 17.1. The molecule has 0 fully saturated rings. The van der Waals surface area contributed by atoms with Crippen LogP contribution in [0.15, 0.2) is 127 Å². The van der Waals surface area contributed by atoms with Crippen molar-refractivity contribution in [2.75, 3.05) is 0 Å². The summed E-state index contributed by atoms with van der Waals surface area (Å²) in [7, 11) is 0. The van der Waals surface area contributed by atoms with Gasteiger partial charge in [0.25, 0.3) is 0 Å². The normalized spacial score (nSPS) is 12.7. The van der Waals surface area contributed by atoms with Gasteiger partial charge in [0.1, 0.15) is 22.3 Å². The third-order valence-electron chi connectivity index (χ3n) is 12.1. The smallest absolute Gasteiger partial charge is 0.497 e. The predicted octanol–water partition coefficient (Wildman–Crippen LogP) is 17.3. The Labute approximate surface area is 413 Å². The van der Waals surface area contributed by atoms with E-state index in [2.05, 4.69) is 156 Å². The van der Waals surface area contributed by atoms with Crippen LogP contribution in [-0.2, 0) is 44.7 Å². The van der Waals surface area contributed by atoms with Gasteiger partial charge in [0.05, 0.1) is 0 Å². The van der Waals surface area contributed by atoms with Crippen LogP contribution >= 0.6 is 0 Å².